The molecule has 0 bridgehead atoms. The Morgan fingerprint density at radius 3 is 2.78 bits per heavy atom. The van der Waals surface area contributed by atoms with Crippen LogP contribution in [-0.4, -0.2) is 34.1 Å². The van der Waals surface area contributed by atoms with Crippen molar-refractivity contribution in [2.24, 2.45) is 0 Å². The maximum atomic E-state index is 12.3. The smallest absolute Gasteiger partial charge is 0.234 e. The third kappa shape index (κ3) is 4.77. The fourth-order valence-corrected chi connectivity index (χ4v) is 3.27. The van der Waals surface area contributed by atoms with Gasteiger partial charge >= 0.3 is 0 Å². The van der Waals surface area contributed by atoms with Crippen LogP contribution in [0.1, 0.15) is 17.3 Å². The van der Waals surface area contributed by atoms with Crippen LogP contribution in [0.15, 0.2) is 66.1 Å². The van der Waals surface area contributed by atoms with Crippen LogP contribution < -0.4 is 10.1 Å². The zero-order valence-corrected chi connectivity index (χ0v) is 15.8. The lowest BCUT2D eigenvalue weighted by Crippen LogP contribution is -2.14. The zero-order valence-electron chi connectivity index (χ0n) is 15.0. The van der Waals surface area contributed by atoms with Crippen molar-refractivity contribution in [2.75, 3.05) is 18.2 Å². The number of hydrogen-bond donors (Lipinski definition) is 1. The number of hydrogen-bond acceptors (Lipinski definition) is 5. The standard InChI is InChI=1S/C20H19N3O3S/c1-14(24)15-5-3-6-16(11-15)22-19(25)13-27-20-21-9-10-23(20)17-7-4-8-18(12-17)26-2/h3-12H,13H2,1-2H3,(H,22,25). The molecule has 0 unspecified atom stereocenters. The Labute approximate surface area is 161 Å². The molecule has 27 heavy (non-hydrogen) atoms. The first-order valence-corrected chi connectivity index (χ1v) is 9.27. The molecular formula is C20H19N3O3S. The molecule has 6 nitrogen and oxygen atoms in total. The van der Waals surface area contributed by atoms with Gasteiger partial charge in [-0.3, -0.25) is 14.2 Å². The molecule has 2 aromatic carbocycles. The van der Waals surface area contributed by atoms with Gasteiger partial charge in [-0.05, 0) is 31.2 Å². The summed E-state index contributed by atoms with van der Waals surface area (Å²) in [5.41, 5.74) is 2.07. The first-order chi connectivity index (χ1) is 13.1. The number of ether oxygens (including phenoxy) is 1. The van der Waals surface area contributed by atoms with Crippen LogP contribution in [0, 0.1) is 0 Å². The van der Waals surface area contributed by atoms with Gasteiger partial charge in [0, 0.05) is 29.7 Å². The van der Waals surface area contributed by atoms with Crippen LogP contribution in [0.25, 0.3) is 5.69 Å². The average Bonchev–Trinajstić information content (AvgIpc) is 3.15. The molecule has 1 N–H and O–H groups in total. The lowest BCUT2D eigenvalue weighted by molar-refractivity contribution is -0.113. The second-order valence-corrected chi connectivity index (χ2v) is 6.70. The lowest BCUT2D eigenvalue weighted by atomic mass is 10.1. The summed E-state index contributed by atoms with van der Waals surface area (Å²) < 4.78 is 7.15. The fraction of sp³-hybridized carbons (Fsp3) is 0.150. The summed E-state index contributed by atoms with van der Waals surface area (Å²) in [4.78, 5) is 28.0. The highest BCUT2D eigenvalue weighted by molar-refractivity contribution is 7.99. The minimum Gasteiger partial charge on any atom is -0.497 e. The van der Waals surface area contributed by atoms with Gasteiger partial charge in [0.2, 0.25) is 5.91 Å². The van der Waals surface area contributed by atoms with Crippen LogP contribution in [-0.2, 0) is 4.79 Å². The number of ketones is 1. The van der Waals surface area contributed by atoms with Gasteiger partial charge in [0.05, 0.1) is 18.6 Å². The number of anilines is 1. The summed E-state index contributed by atoms with van der Waals surface area (Å²) in [5, 5.41) is 3.51. The predicted octanol–water partition coefficient (Wildman–Crippen LogP) is 3.81. The van der Waals surface area contributed by atoms with E-state index in [-0.39, 0.29) is 17.4 Å². The van der Waals surface area contributed by atoms with Crippen LogP contribution in [0.2, 0.25) is 0 Å². The molecule has 0 atom stereocenters. The van der Waals surface area contributed by atoms with Gasteiger partial charge in [-0.2, -0.15) is 0 Å². The normalized spacial score (nSPS) is 10.4. The molecule has 0 fully saturated rings. The summed E-state index contributed by atoms with van der Waals surface area (Å²) in [6, 6.07) is 14.5. The number of methoxy groups -OCH3 is 1. The van der Waals surface area contributed by atoms with Crippen molar-refractivity contribution in [1.29, 1.82) is 0 Å². The predicted molar refractivity (Wildman–Crippen MR) is 106 cm³/mol. The summed E-state index contributed by atoms with van der Waals surface area (Å²) in [7, 11) is 1.62. The Morgan fingerprint density at radius 2 is 2.00 bits per heavy atom. The number of Topliss-reactive ketones (excluding diaryl/α,β-unsaturated/α-hetero) is 1. The Hall–Kier alpha value is -3.06. The van der Waals surface area contributed by atoms with Gasteiger partial charge in [0.1, 0.15) is 5.75 Å². The van der Waals surface area contributed by atoms with Gasteiger partial charge in [-0.25, -0.2) is 4.98 Å². The van der Waals surface area contributed by atoms with Crippen molar-refractivity contribution in [2.45, 2.75) is 12.1 Å². The van der Waals surface area contributed by atoms with E-state index in [1.807, 2.05) is 35.0 Å². The van der Waals surface area contributed by atoms with Gasteiger partial charge in [0.25, 0.3) is 0 Å². The highest BCUT2D eigenvalue weighted by Crippen LogP contribution is 2.23. The molecular weight excluding hydrogens is 362 g/mol. The Kier molecular flexibility index (Phi) is 5.93. The van der Waals surface area contributed by atoms with Crippen molar-refractivity contribution in [3.63, 3.8) is 0 Å². The van der Waals surface area contributed by atoms with Gasteiger partial charge in [0.15, 0.2) is 10.9 Å². The number of carbonyl (C=O) groups is 2. The second kappa shape index (κ2) is 8.55. The first-order valence-electron chi connectivity index (χ1n) is 8.28. The van der Waals surface area contributed by atoms with E-state index < -0.39 is 0 Å². The maximum absolute atomic E-state index is 12.3. The molecule has 3 rings (SSSR count). The van der Waals surface area contributed by atoms with Crippen LogP contribution in [0.5, 0.6) is 5.75 Å². The van der Waals surface area contributed by atoms with E-state index in [1.165, 1.54) is 18.7 Å². The van der Waals surface area contributed by atoms with E-state index in [1.54, 1.807) is 37.6 Å². The molecule has 7 heteroatoms. The van der Waals surface area contributed by atoms with Crippen LogP contribution >= 0.6 is 11.8 Å². The maximum Gasteiger partial charge on any atom is 0.234 e. The van der Waals surface area contributed by atoms with Gasteiger partial charge < -0.3 is 10.1 Å². The molecule has 0 spiro atoms. The number of aromatic nitrogens is 2. The van der Waals surface area contributed by atoms with E-state index in [4.69, 9.17) is 4.74 Å². The van der Waals surface area contributed by atoms with E-state index in [2.05, 4.69) is 10.3 Å². The molecule has 0 saturated heterocycles. The molecule has 3 aromatic rings. The van der Waals surface area contributed by atoms with E-state index >= 15 is 0 Å². The van der Waals surface area contributed by atoms with Gasteiger partial charge in [-0.1, -0.05) is 30.0 Å². The van der Waals surface area contributed by atoms with Crippen molar-refractivity contribution in [3.8, 4) is 11.4 Å². The second-order valence-electron chi connectivity index (χ2n) is 5.76. The highest BCUT2D eigenvalue weighted by atomic mass is 32.2. The van der Waals surface area contributed by atoms with E-state index in [0.717, 1.165) is 11.4 Å². The molecule has 1 heterocycles. The Bertz CT molecular complexity index is 968. The van der Waals surface area contributed by atoms with Crippen molar-refractivity contribution in [1.82, 2.24) is 9.55 Å². The van der Waals surface area contributed by atoms with E-state index in [9.17, 15) is 9.59 Å². The summed E-state index contributed by atoms with van der Waals surface area (Å²) in [5.74, 6) is 0.743. The monoisotopic (exact) mass is 381 g/mol. The summed E-state index contributed by atoms with van der Waals surface area (Å²) in [6.45, 7) is 1.50. The van der Waals surface area contributed by atoms with Crippen molar-refractivity contribution >= 4 is 29.1 Å². The number of nitrogens with one attached hydrogen (secondary N) is 1. The molecule has 0 aliphatic carbocycles. The number of carbonyl (C=O) groups excluding carboxylic acids is 2. The molecule has 1 aromatic heterocycles. The summed E-state index contributed by atoms with van der Waals surface area (Å²) >= 11 is 1.33. The minimum absolute atomic E-state index is 0.0409. The molecule has 0 aliphatic rings. The lowest BCUT2D eigenvalue weighted by Gasteiger charge is -2.09. The quantitative estimate of drug-likeness (QED) is 0.498. The SMILES string of the molecule is COc1cccc(-n2ccnc2SCC(=O)Nc2cccc(C(C)=O)c2)c1. The summed E-state index contributed by atoms with van der Waals surface area (Å²) in [6.07, 6.45) is 3.53. The first kappa shape index (κ1) is 18.7. The van der Waals surface area contributed by atoms with Crippen LogP contribution in [0.4, 0.5) is 5.69 Å². The average molecular weight is 381 g/mol. The number of rotatable bonds is 7. The number of nitrogens with zero attached hydrogens (tertiary/aromatic N) is 2. The van der Waals surface area contributed by atoms with Crippen molar-refractivity contribution < 1.29 is 14.3 Å². The number of imidazole rings is 1. The Morgan fingerprint density at radius 1 is 1.19 bits per heavy atom. The van der Waals surface area contributed by atoms with Gasteiger partial charge in [-0.15, -0.1) is 0 Å². The third-order valence-electron chi connectivity index (χ3n) is 3.82. The van der Waals surface area contributed by atoms with E-state index in [0.29, 0.717) is 16.4 Å². The Balaban J connectivity index is 1.65. The molecule has 0 saturated carbocycles. The fourth-order valence-electron chi connectivity index (χ4n) is 2.50. The zero-order chi connectivity index (χ0) is 19.2. The topological polar surface area (TPSA) is 73.2 Å². The number of thioether (sulfide) groups is 1. The van der Waals surface area contributed by atoms with Crippen molar-refractivity contribution in [3.05, 3.63) is 66.5 Å². The molecule has 1 amide bonds. The highest BCUT2D eigenvalue weighted by Gasteiger charge is 2.10. The molecule has 138 valence electrons. The third-order valence-corrected chi connectivity index (χ3v) is 4.79. The largest absolute Gasteiger partial charge is 0.497 e. The molecule has 0 aliphatic heterocycles. The number of amides is 1. The van der Waals surface area contributed by atoms with Crippen LogP contribution in [0.3, 0.4) is 0 Å². The minimum atomic E-state index is -0.166. The number of benzene rings is 2. The molecule has 0 radical (unpaired) electrons.